The Balaban J connectivity index is 3.49. The summed E-state index contributed by atoms with van der Waals surface area (Å²) in [6.07, 6.45) is 7.87. The molecule has 0 bridgehead atoms. The minimum Gasteiger partial charge on any atom is -0.417 e. The zero-order chi connectivity index (χ0) is 10.6. The van der Waals surface area contributed by atoms with Crippen molar-refractivity contribution in [3.63, 3.8) is 0 Å². The molecule has 14 heavy (non-hydrogen) atoms. The smallest absolute Gasteiger partial charge is 0.211 e. The molecule has 0 aliphatic carbocycles. The van der Waals surface area contributed by atoms with Crippen LogP contribution in [0.3, 0.4) is 0 Å². The van der Waals surface area contributed by atoms with Gasteiger partial charge in [0.1, 0.15) is 0 Å². The van der Waals surface area contributed by atoms with Crippen LogP contribution in [-0.2, 0) is 4.43 Å². The largest absolute Gasteiger partial charge is 0.417 e. The lowest BCUT2D eigenvalue weighted by molar-refractivity contribution is 0.307. The highest BCUT2D eigenvalue weighted by Gasteiger charge is 2.11. The molecule has 2 heteroatoms. The van der Waals surface area contributed by atoms with Crippen LogP contribution in [0, 0.1) is 0 Å². The summed E-state index contributed by atoms with van der Waals surface area (Å²) in [4.78, 5) is 0. The predicted molar refractivity (Wildman–Crippen MR) is 66.0 cm³/mol. The summed E-state index contributed by atoms with van der Waals surface area (Å²) < 4.78 is 5.99. The molecule has 0 fully saturated rings. The van der Waals surface area contributed by atoms with Gasteiger partial charge in [0.25, 0.3) is 0 Å². The van der Waals surface area contributed by atoms with Gasteiger partial charge in [0, 0.05) is 6.61 Å². The number of unbranched alkanes of at least 4 members (excludes halogenated alkanes) is 3. The Bertz CT molecular complexity index is 98.5. The quantitative estimate of drug-likeness (QED) is 0.388. The van der Waals surface area contributed by atoms with Gasteiger partial charge >= 0.3 is 0 Å². The maximum atomic E-state index is 5.99. The second-order valence-electron chi connectivity index (χ2n) is 3.95. The molecule has 0 saturated heterocycles. The molecule has 0 spiro atoms. The van der Waals surface area contributed by atoms with Gasteiger partial charge in [-0.05, 0) is 18.5 Å². The first-order chi connectivity index (χ1) is 6.85. The Morgan fingerprint density at radius 3 is 1.71 bits per heavy atom. The van der Waals surface area contributed by atoms with Crippen LogP contribution in [-0.4, -0.2) is 15.6 Å². The van der Waals surface area contributed by atoms with Gasteiger partial charge in [-0.25, -0.2) is 0 Å². The maximum absolute atomic E-state index is 5.99. The van der Waals surface area contributed by atoms with Crippen LogP contribution in [0.5, 0.6) is 0 Å². The molecule has 1 nitrogen and oxygen atoms in total. The maximum Gasteiger partial charge on any atom is 0.211 e. The molecule has 0 aromatic heterocycles. The van der Waals surface area contributed by atoms with E-state index < -0.39 is 9.04 Å². The number of rotatable bonds is 10. The molecule has 0 unspecified atom stereocenters. The third kappa shape index (κ3) is 8.76. The first-order valence-corrected chi connectivity index (χ1v) is 8.14. The van der Waals surface area contributed by atoms with Gasteiger partial charge in [-0.15, -0.1) is 0 Å². The fourth-order valence-corrected chi connectivity index (χ4v) is 3.85. The lowest BCUT2D eigenvalue weighted by Gasteiger charge is -2.14. The van der Waals surface area contributed by atoms with Gasteiger partial charge < -0.3 is 4.43 Å². The molecular weight excluding hydrogens is 188 g/mol. The summed E-state index contributed by atoms with van der Waals surface area (Å²) in [5.41, 5.74) is 0. The average Bonchev–Trinajstić information content (AvgIpc) is 2.21. The van der Waals surface area contributed by atoms with Crippen molar-refractivity contribution in [2.24, 2.45) is 0 Å². The SMILES string of the molecule is CCCCO[Si](CCCC)CCCC. The molecule has 0 aromatic carbocycles. The molecular formula is C12H27OSi. The van der Waals surface area contributed by atoms with Gasteiger partial charge in [0.15, 0.2) is 0 Å². The molecule has 0 atom stereocenters. The van der Waals surface area contributed by atoms with E-state index in [-0.39, 0.29) is 0 Å². The fraction of sp³-hybridized carbons (Fsp3) is 1.00. The van der Waals surface area contributed by atoms with Crippen LogP contribution >= 0.6 is 0 Å². The van der Waals surface area contributed by atoms with Crippen molar-refractivity contribution in [2.75, 3.05) is 6.61 Å². The van der Waals surface area contributed by atoms with E-state index >= 15 is 0 Å². The van der Waals surface area contributed by atoms with Crippen molar-refractivity contribution >= 4 is 9.04 Å². The van der Waals surface area contributed by atoms with E-state index in [0.717, 1.165) is 6.61 Å². The molecule has 0 amide bonds. The fourth-order valence-electron chi connectivity index (χ4n) is 1.38. The molecule has 85 valence electrons. The molecule has 0 heterocycles. The third-order valence-electron chi connectivity index (χ3n) is 2.42. The van der Waals surface area contributed by atoms with Crippen molar-refractivity contribution in [3.8, 4) is 0 Å². The van der Waals surface area contributed by atoms with Crippen LogP contribution in [0.15, 0.2) is 0 Å². The first-order valence-electron chi connectivity index (χ1n) is 6.32. The zero-order valence-corrected chi connectivity index (χ0v) is 11.3. The summed E-state index contributed by atoms with van der Waals surface area (Å²) in [5, 5.41) is 0. The summed E-state index contributed by atoms with van der Waals surface area (Å²) in [6, 6.07) is 2.73. The van der Waals surface area contributed by atoms with Crippen LogP contribution in [0.2, 0.25) is 12.1 Å². The van der Waals surface area contributed by atoms with Crippen LogP contribution in [0.4, 0.5) is 0 Å². The molecule has 0 aliphatic rings. The minimum absolute atomic E-state index is 0.442. The minimum atomic E-state index is -0.442. The monoisotopic (exact) mass is 215 g/mol. The molecule has 0 saturated carbocycles. The van der Waals surface area contributed by atoms with E-state index in [9.17, 15) is 0 Å². The number of hydrogen-bond acceptors (Lipinski definition) is 1. The van der Waals surface area contributed by atoms with Crippen LogP contribution in [0.25, 0.3) is 0 Å². The summed E-state index contributed by atoms with van der Waals surface area (Å²) in [6.45, 7) is 7.78. The molecule has 0 aliphatic heterocycles. The summed E-state index contributed by atoms with van der Waals surface area (Å²) >= 11 is 0. The average molecular weight is 215 g/mol. The van der Waals surface area contributed by atoms with Crippen molar-refractivity contribution in [1.82, 2.24) is 0 Å². The lowest BCUT2D eigenvalue weighted by Crippen LogP contribution is -2.18. The predicted octanol–water partition coefficient (Wildman–Crippen LogP) is 4.39. The second kappa shape index (κ2) is 11.3. The van der Waals surface area contributed by atoms with E-state index in [1.165, 1.54) is 50.6 Å². The Morgan fingerprint density at radius 2 is 1.29 bits per heavy atom. The highest BCUT2D eigenvalue weighted by molar-refractivity contribution is 6.51. The van der Waals surface area contributed by atoms with Gasteiger partial charge in [0.05, 0.1) is 0 Å². The topological polar surface area (TPSA) is 9.23 Å². The third-order valence-corrected chi connectivity index (χ3v) is 4.86. The Morgan fingerprint density at radius 1 is 0.786 bits per heavy atom. The second-order valence-corrected chi connectivity index (χ2v) is 6.31. The zero-order valence-electron chi connectivity index (χ0n) is 10.3. The molecule has 0 rings (SSSR count). The Hall–Kier alpha value is 0.177. The van der Waals surface area contributed by atoms with Gasteiger partial charge in [-0.3, -0.25) is 0 Å². The van der Waals surface area contributed by atoms with E-state index in [1.54, 1.807) is 0 Å². The highest BCUT2D eigenvalue weighted by Crippen LogP contribution is 2.11. The van der Waals surface area contributed by atoms with Gasteiger partial charge in [-0.1, -0.05) is 52.9 Å². The first kappa shape index (κ1) is 14.2. The van der Waals surface area contributed by atoms with Gasteiger partial charge in [0.2, 0.25) is 9.04 Å². The summed E-state index contributed by atoms with van der Waals surface area (Å²) in [5.74, 6) is 0. The lowest BCUT2D eigenvalue weighted by atomic mass is 10.4. The van der Waals surface area contributed by atoms with Crippen LogP contribution < -0.4 is 0 Å². The number of hydrogen-bond donors (Lipinski definition) is 0. The summed E-state index contributed by atoms with van der Waals surface area (Å²) in [7, 11) is -0.442. The van der Waals surface area contributed by atoms with E-state index in [0.29, 0.717) is 0 Å². The van der Waals surface area contributed by atoms with Crippen molar-refractivity contribution in [3.05, 3.63) is 0 Å². The standard InChI is InChI=1S/C12H27OSi/c1-4-7-10-13-14(11-8-5-2)12-9-6-3/h4-12H2,1-3H3. The highest BCUT2D eigenvalue weighted by atomic mass is 28.3. The molecule has 0 N–H and O–H groups in total. The van der Waals surface area contributed by atoms with Crippen molar-refractivity contribution < 1.29 is 4.43 Å². The van der Waals surface area contributed by atoms with Gasteiger partial charge in [-0.2, -0.15) is 0 Å². The van der Waals surface area contributed by atoms with Crippen molar-refractivity contribution in [1.29, 1.82) is 0 Å². The normalized spacial score (nSPS) is 11.1. The van der Waals surface area contributed by atoms with E-state index in [2.05, 4.69) is 20.8 Å². The Kier molecular flexibility index (Phi) is 11.4. The van der Waals surface area contributed by atoms with Crippen molar-refractivity contribution in [2.45, 2.75) is 71.4 Å². The molecule has 1 radical (unpaired) electrons. The van der Waals surface area contributed by atoms with E-state index in [1.807, 2.05) is 0 Å². The Labute approximate surface area is 92.0 Å². The van der Waals surface area contributed by atoms with E-state index in [4.69, 9.17) is 4.43 Å². The van der Waals surface area contributed by atoms with Crippen LogP contribution in [0.1, 0.15) is 59.3 Å². The molecule has 0 aromatic rings.